The summed E-state index contributed by atoms with van der Waals surface area (Å²) in [7, 11) is 0. The van der Waals surface area contributed by atoms with Crippen molar-refractivity contribution in [3.8, 4) is 11.5 Å². The highest BCUT2D eigenvalue weighted by molar-refractivity contribution is 6.33. The Morgan fingerprint density at radius 2 is 1.41 bits per heavy atom. The highest BCUT2D eigenvalue weighted by Gasteiger charge is 2.25. The molecule has 0 fully saturated rings. The molecule has 2 atom stereocenters. The minimum atomic E-state index is -0.843. The quantitative estimate of drug-likeness (QED) is 0.239. The molecule has 0 aliphatic carbocycles. The Kier molecular flexibility index (Phi) is 37.3. The first-order chi connectivity index (χ1) is 11.8. The predicted molar refractivity (Wildman–Crippen MR) is 152 cm³/mol. The highest BCUT2D eigenvalue weighted by Crippen LogP contribution is 2.37. The Balaban J connectivity index is -0.000000125. The van der Waals surface area contributed by atoms with Crippen LogP contribution in [0.5, 0.6) is 11.5 Å². The first-order valence-corrected chi connectivity index (χ1v) is 8.15. The molecule has 2 rings (SSSR count). The molecule has 0 radical (unpaired) electrons. The van der Waals surface area contributed by atoms with Gasteiger partial charge in [-0.05, 0) is 19.4 Å². The summed E-state index contributed by atoms with van der Waals surface area (Å²) in [5.74, 6) is -2.19. The van der Waals surface area contributed by atoms with Crippen molar-refractivity contribution in [2.24, 2.45) is 0 Å². The molecular weight excluding hydrogens is 456 g/mol. The molecule has 1 aliphatic heterocycles. The van der Waals surface area contributed by atoms with Gasteiger partial charge in [0.1, 0.15) is 23.2 Å². The monoisotopic (exact) mass is 510 g/mol. The number of benzene rings is 1. The highest BCUT2D eigenvalue weighted by atomic mass is 35.5. The SMILES string of the molecule is C.C.C.C.C.C.C.C.C.C[C@@H]1C/C=C/[C@H](O)C/C=C/C(=O)Cc2c(Cl)c(O)cc(O)c2C(=O)O1. The minimum Gasteiger partial charge on any atom is -0.507 e. The van der Waals surface area contributed by atoms with Crippen LogP contribution in [0.4, 0.5) is 0 Å². The summed E-state index contributed by atoms with van der Waals surface area (Å²) < 4.78 is 5.27. The number of phenolic OH excluding ortho intramolecular Hbond substituents is 2. The van der Waals surface area contributed by atoms with Crippen LogP contribution in [0, 0.1) is 0 Å². The van der Waals surface area contributed by atoms with Gasteiger partial charge in [-0.15, -0.1) is 0 Å². The summed E-state index contributed by atoms with van der Waals surface area (Å²) in [6, 6.07) is 0.937. The van der Waals surface area contributed by atoms with Gasteiger partial charge in [0.15, 0.2) is 5.78 Å². The number of aromatic hydroxyl groups is 2. The minimum absolute atomic E-state index is 0. The van der Waals surface area contributed by atoms with Gasteiger partial charge in [-0.2, -0.15) is 0 Å². The summed E-state index contributed by atoms with van der Waals surface area (Å²) in [6.07, 6.45) is 5.06. The number of cyclic esters (lactones) is 1. The van der Waals surface area contributed by atoms with Crippen molar-refractivity contribution < 1.29 is 29.6 Å². The van der Waals surface area contributed by atoms with Gasteiger partial charge in [0, 0.05) is 24.5 Å². The second-order valence-corrected chi connectivity index (χ2v) is 6.19. The number of carbonyl (C=O) groups excluding carboxylic acids is 2. The largest absolute Gasteiger partial charge is 0.507 e. The lowest BCUT2D eigenvalue weighted by molar-refractivity contribution is -0.114. The molecular formula is C27H55ClO6. The standard InChI is InChI=1S/C18H19ClO6.9CH4/c1-10-4-2-5-11(20)6-3-7-12(21)8-13-16(18(24)25-10)14(22)9-15(23)17(13)19;;;;;;;;;/h2-3,5,7,9-11,20,22-23H,4,6,8H2,1H3;9*1H4/b5-2+,7-3+;;;;;;;;;/t10-,11+;;;;;;;;;/m1........./s1. The number of hydrogen-bond acceptors (Lipinski definition) is 6. The number of aliphatic hydroxyl groups excluding tert-OH is 1. The van der Waals surface area contributed by atoms with Gasteiger partial charge in [0.05, 0.1) is 11.1 Å². The second-order valence-electron chi connectivity index (χ2n) is 5.81. The molecule has 206 valence electrons. The molecule has 1 heterocycles. The van der Waals surface area contributed by atoms with Crippen LogP contribution in [0.2, 0.25) is 5.02 Å². The Bertz CT molecular complexity index is 741. The van der Waals surface area contributed by atoms with Gasteiger partial charge in [0.25, 0.3) is 0 Å². The number of hydrogen-bond donors (Lipinski definition) is 3. The van der Waals surface area contributed by atoms with Crippen molar-refractivity contribution in [3.63, 3.8) is 0 Å². The van der Waals surface area contributed by atoms with Crippen LogP contribution in [0.3, 0.4) is 0 Å². The third-order valence-electron chi connectivity index (χ3n) is 3.69. The number of fused-ring (bicyclic) bond motifs is 1. The topological polar surface area (TPSA) is 104 Å². The van der Waals surface area contributed by atoms with Crippen molar-refractivity contribution in [1.29, 1.82) is 0 Å². The van der Waals surface area contributed by atoms with Gasteiger partial charge in [0.2, 0.25) is 0 Å². The molecule has 0 bridgehead atoms. The van der Waals surface area contributed by atoms with E-state index in [1.165, 1.54) is 12.2 Å². The number of esters is 1. The van der Waals surface area contributed by atoms with E-state index >= 15 is 0 Å². The smallest absolute Gasteiger partial charge is 0.342 e. The molecule has 1 aromatic carbocycles. The lowest BCUT2D eigenvalue weighted by Gasteiger charge is -2.16. The van der Waals surface area contributed by atoms with Crippen molar-refractivity contribution in [2.75, 3.05) is 0 Å². The van der Waals surface area contributed by atoms with Crippen LogP contribution >= 0.6 is 11.6 Å². The van der Waals surface area contributed by atoms with Gasteiger partial charge < -0.3 is 20.1 Å². The lowest BCUT2D eigenvalue weighted by atomic mass is 9.99. The number of ketones is 1. The van der Waals surface area contributed by atoms with Gasteiger partial charge in [-0.3, -0.25) is 4.79 Å². The van der Waals surface area contributed by atoms with E-state index in [0.29, 0.717) is 6.42 Å². The summed E-state index contributed by atoms with van der Waals surface area (Å²) in [5.41, 5.74) is -0.239. The maximum Gasteiger partial charge on any atom is 0.342 e. The zero-order valence-electron chi connectivity index (χ0n) is 13.6. The lowest BCUT2D eigenvalue weighted by Crippen LogP contribution is -2.18. The molecule has 34 heavy (non-hydrogen) atoms. The van der Waals surface area contributed by atoms with Gasteiger partial charge >= 0.3 is 5.97 Å². The Hall–Kier alpha value is -2.31. The molecule has 1 aromatic rings. The first kappa shape index (κ1) is 53.2. The number of ether oxygens (including phenoxy) is 1. The van der Waals surface area contributed by atoms with E-state index in [9.17, 15) is 24.9 Å². The molecule has 0 amide bonds. The predicted octanol–water partition coefficient (Wildman–Crippen LogP) is 8.40. The van der Waals surface area contributed by atoms with Crippen molar-refractivity contribution in [1.82, 2.24) is 0 Å². The third-order valence-corrected chi connectivity index (χ3v) is 4.11. The fraction of sp³-hybridized carbons (Fsp3) is 0.556. The summed E-state index contributed by atoms with van der Waals surface area (Å²) >= 11 is 6.03. The van der Waals surface area contributed by atoms with Crippen LogP contribution < -0.4 is 0 Å². The number of allylic oxidation sites excluding steroid dienone is 1. The van der Waals surface area contributed by atoms with E-state index in [4.69, 9.17) is 16.3 Å². The fourth-order valence-corrected chi connectivity index (χ4v) is 2.66. The Morgan fingerprint density at radius 3 is 1.94 bits per heavy atom. The molecule has 6 nitrogen and oxygen atoms in total. The van der Waals surface area contributed by atoms with Gasteiger partial charge in [-0.25, -0.2) is 4.79 Å². The van der Waals surface area contributed by atoms with Crippen LogP contribution in [-0.4, -0.2) is 39.3 Å². The van der Waals surface area contributed by atoms with E-state index < -0.39 is 35.5 Å². The molecule has 0 saturated heterocycles. The zero-order chi connectivity index (χ0) is 18.6. The van der Waals surface area contributed by atoms with Crippen LogP contribution in [0.25, 0.3) is 0 Å². The fourth-order valence-electron chi connectivity index (χ4n) is 2.45. The zero-order valence-corrected chi connectivity index (χ0v) is 14.4. The van der Waals surface area contributed by atoms with E-state index in [2.05, 4.69) is 0 Å². The molecule has 0 spiro atoms. The average molecular weight is 511 g/mol. The maximum atomic E-state index is 12.4. The maximum absolute atomic E-state index is 12.4. The summed E-state index contributed by atoms with van der Waals surface area (Å²) in [4.78, 5) is 24.5. The van der Waals surface area contributed by atoms with Crippen LogP contribution in [0.15, 0.2) is 30.4 Å². The van der Waals surface area contributed by atoms with E-state index in [-0.39, 0.29) is 95.8 Å². The number of phenols is 2. The van der Waals surface area contributed by atoms with Crippen molar-refractivity contribution in [2.45, 2.75) is 105 Å². The van der Waals surface area contributed by atoms with Crippen molar-refractivity contribution in [3.05, 3.63) is 46.5 Å². The summed E-state index contributed by atoms with van der Waals surface area (Å²) in [5, 5.41) is 29.4. The Morgan fingerprint density at radius 1 is 0.882 bits per heavy atom. The van der Waals surface area contributed by atoms with E-state index in [1.54, 1.807) is 19.1 Å². The van der Waals surface area contributed by atoms with Gasteiger partial charge in [-0.1, -0.05) is 96.7 Å². The first-order valence-electron chi connectivity index (χ1n) is 7.78. The Labute approximate surface area is 216 Å². The van der Waals surface area contributed by atoms with Crippen LogP contribution in [-0.2, 0) is 16.0 Å². The molecule has 0 saturated carbocycles. The number of aliphatic hydroxyl groups is 1. The average Bonchev–Trinajstić information content (AvgIpc) is 2.51. The van der Waals surface area contributed by atoms with Crippen LogP contribution in [0.1, 0.15) is 103 Å². The van der Waals surface area contributed by atoms with E-state index in [1.807, 2.05) is 0 Å². The molecule has 1 aliphatic rings. The van der Waals surface area contributed by atoms with Crippen molar-refractivity contribution >= 4 is 23.4 Å². The molecule has 0 aromatic heterocycles. The number of carbonyl (C=O) groups is 2. The molecule has 7 heteroatoms. The number of halogens is 1. The molecule has 0 unspecified atom stereocenters. The summed E-state index contributed by atoms with van der Waals surface area (Å²) in [6.45, 7) is 1.66. The normalized spacial score (nSPS) is 18.2. The van der Waals surface area contributed by atoms with E-state index in [0.717, 1.165) is 6.07 Å². The molecule has 3 N–H and O–H groups in total. The number of rotatable bonds is 0. The second kappa shape index (κ2) is 23.8. The third kappa shape index (κ3) is 14.1.